The van der Waals surface area contributed by atoms with Gasteiger partial charge in [0.15, 0.2) is 0 Å². The molecule has 0 aliphatic carbocycles. The minimum Gasteiger partial charge on any atom is -0.478 e. The summed E-state index contributed by atoms with van der Waals surface area (Å²) in [6.45, 7) is 5.03. The molecule has 0 radical (unpaired) electrons. The molecule has 106 valence electrons. The van der Waals surface area contributed by atoms with Crippen molar-refractivity contribution in [2.45, 2.75) is 38.2 Å². The lowest BCUT2D eigenvalue weighted by molar-refractivity contribution is -0.0593. The third kappa shape index (κ3) is 2.43. The number of pyridine rings is 1. The summed E-state index contributed by atoms with van der Waals surface area (Å²) in [7, 11) is 0. The van der Waals surface area contributed by atoms with E-state index in [2.05, 4.69) is 26.0 Å². The number of nitrogens with zero attached hydrogens (tertiary/aromatic N) is 1. The molecule has 3 heterocycles. The molecular weight excluding hydrogens is 254 g/mol. The zero-order valence-corrected chi connectivity index (χ0v) is 11.8. The Morgan fingerprint density at radius 1 is 1.45 bits per heavy atom. The second-order valence-corrected chi connectivity index (χ2v) is 6.12. The van der Waals surface area contributed by atoms with Crippen molar-refractivity contribution in [2.75, 3.05) is 6.61 Å². The van der Waals surface area contributed by atoms with Gasteiger partial charge in [-0.25, -0.2) is 4.79 Å². The van der Waals surface area contributed by atoms with Gasteiger partial charge in [-0.15, -0.1) is 0 Å². The highest BCUT2D eigenvalue weighted by Crippen LogP contribution is 2.35. The van der Waals surface area contributed by atoms with Crippen molar-refractivity contribution in [3.8, 4) is 0 Å². The summed E-state index contributed by atoms with van der Waals surface area (Å²) in [5, 5.41) is 9.04. The van der Waals surface area contributed by atoms with E-state index in [1.54, 1.807) is 12.3 Å². The van der Waals surface area contributed by atoms with Gasteiger partial charge in [0.2, 0.25) is 0 Å². The number of carboxylic acid groups (broad SMARTS) is 1. The quantitative estimate of drug-likeness (QED) is 0.913. The van der Waals surface area contributed by atoms with Gasteiger partial charge in [0, 0.05) is 24.5 Å². The van der Waals surface area contributed by atoms with E-state index < -0.39 is 5.97 Å². The zero-order chi connectivity index (χ0) is 14.3. The fraction of sp³-hybridized carbons (Fsp3) is 0.438. The predicted octanol–water partition coefficient (Wildman–Crippen LogP) is 3.31. The van der Waals surface area contributed by atoms with E-state index >= 15 is 0 Å². The molecule has 0 spiro atoms. The molecule has 1 atom stereocenters. The molecule has 0 saturated carbocycles. The van der Waals surface area contributed by atoms with Crippen LogP contribution >= 0.6 is 0 Å². The van der Waals surface area contributed by atoms with Gasteiger partial charge in [-0.3, -0.25) is 0 Å². The Balaban J connectivity index is 1.94. The SMILES string of the molecule is CC1(C)C[C@@H](c2ccn3cc(C(=O)O)cc3c2)CCO1. The van der Waals surface area contributed by atoms with Crippen LogP contribution in [0.2, 0.25) is 0 Å². The fourth-order valence-corrected chi connectivity index (χ4v) is 3.01. The van der Waals surface area contributed by atoms with Crippen LogP contribution in [0.4, 0.5) is 0 Å². The van der Waals surface area contributed by atoms with Crippen molar-refractivity contribution in [1.29, 1.82) is 0 Å². The van der Waals surface area contributed by atoms with Crippen LogP contribution in [0.3, 0.4) is 0 Å². The lowest BCUT2D eigenvalue weighted by Gasteiger charge is -2.35. The van der Waals surface area contributed by atoms with E-state index in [-0.39, 0.29) is 5.60 Å². The average Bonchev–Trinajstić information content (AvgIpc) is 2.80. The molecule has 1 aliphatic heterocycles. The second-order valence-electron chi connectivity index (χ2n) is 6.12. The van der Waals surface area contributed by atoms with Gasteiger partial charge in [-0.1, -0.05) is 0 Å². The van der Waals surface area contributed by atoms with Crippen LogP contribution in [0.1, 0.15) is 48.5 Å². The van der Waals surface area contributed by atoms with E-state index in [0.29, 0.717) is 11.5 Å². The largest absolute Gasteiger partial charge is 0.478 e. The highest BCUT2D eigenvalue weighted by Gasteiger charge is 2.29. The first kappa shape index (κ1) is 13.2. The highest BCUT2D eigenvalue weighted by molar-refractivity contribution is 5.89. The molecule has 0 unspecified atom stereocenters. The van der Waals surface area contributed by atoms with E-state index in [9.17, 15) is 4.79 Å². The number of fused-ring (bicyclic) bond motifs is 1. The molecule has 0 bridgehead atoms. The first-order chi connectivity index (χ1) is 9.44. The average molecular weight is 273 g/mol. The van der Waals surface area contributed by atoms with Gasteiger partial charge < -0.3 is 14.2 Å². The molecule has 2 aromatic heterocycles. The minimum absolute atomic E-state index is 0.0801. The number of aromatic nitrogens is 1. The predicted molar refractivity (Wildman–Crippen MR) is 76.4 cm³/mol. The summed E-state index contributed by atoms with van der Waals surface area (Å²) in [5.74, 6) is -0.408. The normalized spacial score (nSPS) is 22.0. The summed E-state index contributed by atoms with van der Waals surface area (Å²) < 4.78 is 7.62. The lowest BCUT2D eigenvalue weighted by atomic mass is 9.84. The molecule has 0 aromatic carbocycles. The minimum atomic E-state index is -0.887. The van der Waals surface area contributed by atoms with Crippen molar-refractivity contribution in [3.63, 3.8) is 0 Å². The molecule has 1 saturated heterocycles. The highest BCUT2D eigenvalue weighted by atomic mass is 16.5. The summed E-state index contributed by atoms with van der Waals surface area (Å²) in [6, 6.07) is 5.90. The van der Waals surface area contributed by atoms with Gasteiger partial charge in [0.1, 0.15) is 0 Å². The van der Waals surface area contributed by atoms with Gasteiger partial charge in [-0.2, -0.15) is 0 Å². The topological polar surface area (TPSA) is 50.9 Å². The summed E-state index contributed by atoms with van der Waals surface area (Å²) in [4.78, 5) is 11.0. The van der Waals surface area contributed by atoms with Crippen LogP contribution in [-0.4, -0.2) is 27.7 Å². The number of carbonyl (C=O) groups is 1. The number of hydrogen-bond donors (Lipinski definition) is 1. The van der Waals surface area contributed by atoms with Crippen LogP contribution < -0.4 is 0 Å². The van der Waals surface area contributed by atoms with Crippen molar-refractivity contribution >= 4 is 11.5 Å². The van der Waals surface area contributed by atoms with Crippen molar-refractivity contribution in [3.05, 3.63) is 41.7 Å². The van der Waals surface area contributed by atoms with Crippen molar-refractivity contribution in [1.82, 2.24) is 4.40 Å². The van der Waals surface area contributed by atoms with Crippen molar-refractivity contribution in [2.24, 2.45) is 0 Å². The third-order valence-corrected chi connectivity index (χ3v) is 4.04. The molecule has 2 aromatic rings. The van der Waals surface area contributed by atoms with Gasteiger partial charge >= 0.3 is 5.97 Å². The van der Waals surface area contributed by atoms with E-state index in [0.717, 1.165) is 25.0 Å². The molecule has 20 heavy (non-hydrogen) atoms. The van der Waals surface area contributed by atoms with E-state index in [1.807, 2.05) is 10.6 Å². The Labute approximate surface area is 118 Å². The van der Waals surface area contributed by atoms with Crippen LogP contribution in [0, 0.1) is 0 Å². The maximum atomic E-state index is 11.0. The molecule has 4 nitrogen and oxygen atoms in total. The lowest BCUT2D eigenvalue weighted by Crippen LogP contribution is -2.32. The van der Waals surface area contributed by atoms with E-state index in [1.165, 1.54) is 5.56 Å². The number of hydrogen-bond acceptors (Lipinski definition) is 2. The first-order valence-corrected chi connectivity index (χ1v) is 6.93. The first-order valence-electron chi connectivity index (χ1n) is 6.93. The van der Waals surface area contributed by atoms with Crippen LogP contribution in [-0.2, 0) is 4.74 Å². The second kappa shape index (κ2) is 4.63. The Morgan fingerprint density at radius 3 is 2.95 bits per heavy atom. The fourth-order valence-electron chi connectivity index (χ4n) is 3.01. The molecule has 0 amide bonds. The standard InChI is InChI=1S/C16H19NO3/c1-16(2)9-12(4-6-20-16)11-3-5-17-10-13(15(18)19)8-14(17)7-11/h3,5,7-8,10,12H,4,6,9H2,1-2H3,(H,18,19)/t12-/m0/s1. The van der Waals surface area contributed by atoms with Crippen LogP contribution in [0.5, 0.6) is 0 Å². The van der Waals surface area contributed by atoms with Gasteiger partial charge in [-0.05, 0) is 56.4 Å². The summed E-state index contributed by atoms with van der Waals surface area (Å²) >= 11 is 0. The van der Waals surface area contributed by atoms with E-state index in [4.69, 9.17) is 9.84 Å². The Hall–Kier alpha value is -1.81. The number of carboxylic acids is 1. The van der Waals surface area contributed by atoms with Gasteiger partial charge in [0.05, 0.1) is 11.2 Å². The van der Waals surface area contributed by atoms with Crippen LogP contribution in [0.25, 0.3) is 5.52 Å². The summed E-state index contributed by atoms with van der Waals surface area (Å²) in [5.41, 5.74) is 2.45. The molecule has 1 N–H and O–H groups in total. The Kier molecular flexibility index (Phi) is 3.05. The maximum absolute atomic E-state index is 11.0. The molecule has 1 aliphatic rings. The number of aromatic carboxylic acids is 1. The monoisotopic (exact) mass is 273 g/mol. The molecule has 1 fully saturated rings. The number of ether oxygens (including phenoxy) is 1. The Bertz CT molecular complexity index is 657. The van der Waals surface area contributed by atoms with Crippen LogP contribution in [0.15, 0.2) is 30.6 Å². The maximum Gasteiger partial charge on any atom is 0.337 e. The third-order valence-electron chi connectivity index (χ3n) is 4.04. The molecule has 3 rings (SSSR count). The Morgan fingerprint density at radius 2 is 2.25 bits per heavy atom. The zero-order valence-electron chi connectivity index (χ0n) is 11.8. The molecule has 4 heteroatoms. The molecular formula is C16H19NO3. The summed E-state index contributed by atoms with van der Waals surface area (Å²) in [6.07, 6.45) is 5.61. The van der Waals surface area contributed by atoms with Gasteiger partial charge in [0.25, 0.3) is 0 Å². The number of rotatable bonds is 2. The smallest absolute Gasteiger partial charge is 0.337 e. The van der Waals surface area contributed by atoms with Crippen molar-refractivity contribution < 1.29 is 14.6 Å².